The summed E-state index contributed by atoms with van der Waals surface area (Å²) in [4.78, 5) is 26.8. The number of benzene rings is 1. The topological polar surface area (TPSA) is 108 Å². The lowest BCUT2D eigenvalue weighted by molar-refractivity contribution is -0.114. The van der Waals surface area contributed by atoms with Crippen molar-refractivity contribution < 1.29 is 9.53 Å². The lowest BCUT2D eigenvalue weighted by Crippen LogP contribution is -2.35. The Morgan fingerprint density at radius 1 is 1.15 bits per heavy atom. The van der Waals surface area contributed by atoms with Crippen molar-refractivity contribution in [2.75, 3.05) is 7.11 Å². The summed E-state index contributed by atoms with van der Waals surface area (Å²) in [5.74, 6) is 0.217. The molecule has 4 aromatic rings. The maximum absolute atomic E-state index is 13.0. The quantitative estimate of drug-likeness (QED) is 0.436. The summed E-state index contributed by atoms with van der Waals surface area (Å²) in [6.07, 6.45) is 6.92. The fraction of sp³-hybridized carbons (Fsp3) is 0.0435. The van der Waals surface area contributed by atoms with Gasteiger partial charge in [-0.05, 0) is 54.2 Å². The summed E-state index contributed by atoms with van der Waals surface area (Å²) >= 11 is 2.73. The average Bonchev–Trinajstić information content (AvgIpc) is 3.58. The normalized spacial score (nSPS) is 16.7. The second-order valence-electron chi connectivity index (χ2n) is 7.30. The fourth-order valence-electron chi connectivity index (χ4n) is 3.64. The van der Waals surface area contributed by atoms with Crippen molar-refractivity contribution in [1.82, 2.24) is 19.4 Å². The maximum Gasteiger partial charge on any atom is 0.283 e. The van der Waals surface area contributed by atoms with E-state index in [9.17, 15) is 4.79 Å². The van der Waals surface area contributed by atoms with Crippen LogP contribution in [0.15, 0.2) is 76.0 Å². The van der Waals surface area contributed by atoms with E-state index in [2.05, 4.69) is 15.1 Å². The number of carbonyl (C=O) groups is 1. The first-order valence-electron chi connectivity index (χ1n) is 10.1. The molecule has 0 fully saturated rings. The summed E-state index contributed by atoms with van der Waals surface area (Å²) in [6.45, 7) is 0. The number of thioether (sulfide) groups is 1. The van der Waals surface area contributed by atoms with Gasteiger partial charge in [0, 0.05) is 35.1 Å². The number of hydrazone groups is 1. The minimum Gasteiger partial charge on any atom is -0.497 e. The number of thiazole rings is 1. The van der Waals surface area contributed by atoms with Crippen LogP contribution in [0.1, 0.15) is 11.3 Å². The number of pyridine rings is 1. The van der Waals surface area contributed by atoms with Crippen LogP contribution < -0.4 is 4.74 Å². The summed E-state index contributed by atoms with van der Waals surface area (Å²) in [6, 6.07) is 11.2. The zero-order chi connectivity index (χ0) is 23.2. The molecule has 3 aromatic heterocycles. The highest BCUT2D eigenvalue weighted by molar-refractivity contribution is 8.27. The standard InChI is InChI=1S/C23H15N7O2S2/c1-32-15-6-4-13(5-7-15)18-17(29-9-10-33-22(29)26-18)11-16-19(24)30-23(27-20(16)31)34-21(28-30)14-3-2-8-25-12-14/h2-12,24H,1H3/b16-11-,24-19?. The molecule has 5 heterocycles. The van der Waals surface area contributed by atoms with Crippen LogP contribution in [-0.4, -0.2) is 48.4 Å². The number of imidazole rings is 1. The molecule has 1 aromatic carbocycles. The third-order valence-corrected chi connectivity index (χ3v) is 7.02. The Labute approximate surface area is 201 Å². The minimum atomic E-state index is -0.489. The number of aliphatic imine (C=N–C) groups is 1. The number of nitrogens with zero attached hydrogens (tertiary/aromatic N) is 6. The van der Waals surface area contributed by atoms with Crippen LogP contribution in [-0.2, 0) is 4.79 Å². The van der Waals surface area contributed by atoms with Crippen LogP contribution in [0, 0.1) is 5.41 Å². The number of nitrogens with one attached hydrogen (secondary N) is 1. The Balaban J connectivity index is 1.43. The number of hydrogen-bond donors (Lipinski definition) is 1. The summed E-state index contributed by atoms with van der Waals surface area (Å²) in [7, 11) is 1.62. The van der Waals surface area contributed by atoms with Crippen molar-refractivity contribution in [3.8, 4) is 17.0 Å². The molecular weight excluding hydrogens is 470 g/mol. The Morgan fingerprint density at radius 3 is 2.76 bits per heavy atom. The molecule has 2 aliphatic heterocycles. The smallest absolute Gasteiger partial charge is 0.283 e. The van der Waals surface area contributed by atoms with Gasteiger partial charge >= 0.3 is 0 Å². The fourth-order valence-corrected chi connectivity index (χ4v) is 5.24. The predicted molar refractivity (Wildman–Crippen MR) is 133 cm³/mol. The molecule has 9 nitrogen and oxygen atoms in total. The molecule has 0 spiro atoms. The second kappa shape index (κ2) is 8.04. The van der Waals surface area contributed by atoms with Crippen molar-refractivity contribution in [2.24, 2.45) is 10.1 Å². The van der Waals surface area contributed by atoms with Crippen LogP contribution >= 0.6 is 23.1 Å². The van der Waals surface area contributed by atoms with E-state index in [-0.39, 0.29) is 11.4 Å². The molecule has 166 valence electrons. The first-order chi connectivity index (χ1) is 16.6. The van der Waals surface area contributed by atoms with E-state index in [1.165, 1.54) is 28.1 Å². The van der Waals surface area contributed by atoms with Gasteiger partial charge in [0.05, 0.1) is 24.1 Å². The van der Waals surface area contributed by atoms with Crippen molar-refractivity contribution >= 4 is 56.1 Å². The molecule has 1 amide bonds. The van der Waals surface area contributed by atoms with Crippen LogP contribution in [0.3, 0.4) is 0 Å². The Bertz CT molecular complexity index is 1550. The largest absolute Gasteiger partial charge is 0.497 e. The van der Waals surface area contributed by atoms with Gasteiger partial charge in [0.15, 0.2) is 10.8 Å². The maximum atomic E-state index is 13.0. The highest BCUT2D eigenvalue weighted by Crippen LogP contribution is 2.33. The molecule has 0 saturated heterocycles. The molecule has 11 heteroatoms. The van der Waals surface area contributed by atoms with E-state index in [0.717, 1.165) is 21.8 Å². The second-order valence-corrected chi connectivity index (χ2v) is 9.13. The zero-order valence-corrected chi connectivity index (χ0v) is 19.3. The Kier molecular flexibility index (Phi) is 4.85. The average molecular weight is 486 g/mol. The summed E-state index contributed by atoms with van der Waals surface area (Å²) in [5, 5.41) is 17.6. The number of hydrogen-bond acceptors (Lipinski definition) is 8. The van der Waals surface area contributed by atoms with E-state index in [1.54, 1.807) is 25.6 Å². The number of rotatable bonds is 4. The van der Waals surface area contributed by atoms with Gasteiger partial charge in [-0.25, -0.2) is 4.98 Å². The number of ether oxygens (including phenoxy) is 1. The molecule has 0 bridgehead atoms. The molecule has 34 heavy (non-hydrogen) atoms. The number of amidine groups is 2. The first-order valence-corrected chi connectivity index (χ1v) is 11.8. The van der Waals surface area contributed by atoms with Gasteiger partial charge in [-0.3, -0.25) is 19.6 Å². The van der Waals surface area contributed by atoms with Crippen molar-refractivity contribution in [2.45, 2.75) is 0 Å². The Morgan fingerprint density at radius 2 is 2.00 bits per heavy atom. The van der Waals surface area contributed by atoms with Gasteiger partial charge in [0.25, 0.3) is 5.91 Å². The minimum absolute atomic E-state index is 0.0350. The molecule has 0 radical (unpaired) electrons. The number of aromatic nitrogens is 3. The third kappa shape index (κ3) is 3.33. The van der Waals surface area contributed by atoms with Gasteiger partial charge in [-0.2, -0.15) is 15.1 Å². The summed E-state index contributed by atoms with van der Waals surface area (Å²) < 4.78 is 7.17. The highest BCUT2D eigenvalue weighted by atomic mass is 32.2. The van der Waals surface area contributed by atoms with Crippen LogP contribution in [0.4, 0.5) is 0 Å². The van der Waals surface area contributed by atoms with Gasteiger partial charge in [0.1, 0.15) is 10.8 Å². The third-order valence-electron chi connectivity index (χ3n) is 5.31. The van der Waals surface area contributed by atoms with Gasteiger partial charge in [0.2, 0.25) is 5.17 Å². The molecule has 0 atom stereocenters. The molecule has 2 aliphatic rings. The van der Waals surface area contributed by atoms with Crippen molar-refractivity contribution in [3.05, 3.63) is 77.2 Å². The number of amides is 1. The monoisotopic (exact) mass is 485 g/mol. The van der Waals surface area contributed by atoms with Gasteiger partial charge in [-0.15, -0.1) is 11.3 Å². The Hall–Kier alpha value is -4.09. The molecule has 0 aliphatic carbocycles. The van der Waals surface area contributed by atoms with E-state index in [1.807, 2.05) is 52.4 Å². The van der Waals surface area contributed by atoms with Crippen LogP contribution in [0.2, 0.25) is 0 Å². The van der Waals surface area contributed by atoms with Crippen LogP contribution in [0.25, 0.3) is 22.3 Å². The highest BCUT2D eigenvalue weighted by Gasteiger charge is 2.36. The lowest BCUT2D eigenvalue weighted by atomic mass is 10.1. The zero-order valence-electron chi connectivity index (χ0n) is 17.7. The first kappa shape index (κ1) is 20.5. The molecule has 1 N–H and O–H groups in total. The van der Waals surface area contributed by atoms with Crippen molar-refractivity contribution in [3.63, 3.8) is 0 Å². The van der Waals surface area contributed by atoms with Gasteiger partial charge < -0.3 is 4.74 Å². The molecule has 0 unspecified atom stereocenters. The lowest BCUT2D eigenvalue weighted by Gasteiger charge is -2.20. The molecular formula is C23H15N7O2S2. The van der Waals surface area contributed by atoms with E-state index < -0.39 is 5.91 Å². The molecule has 0 saturated carbocycles. The SMILES string of the molecule is COc1ccc(-c2nc3sccn3c2/C=C2/C(=N)N3N=C(c4cccnc4)SC3=NC2=O)cc1. The van der Waals surface area contributed by atoms with Gasteiger partial charge in [-0.1, -0.05) is 0 Å². The number of carbonyl (C=O) groups excluding carboxylic acids is 1. The predicted octanol–water partition coefficient (Wildman–Crippen LogP) is 4.13. The van der Waals surface area contributed by atoms with E-state index >= 15 is 0 Å². The number of fused-ring (bicyclic) bond motifs is 2. The van der Waals surface area contributed by atoms with E-state index in [0.29, 0.717) is 21.6 Å². The van der Waals surface area contributed by atoms with E-state index in [4.69, 9.17) is 15.1 Å². The van der Waals surface area contributed by atoms with Crippen LogP contribution in [0.5, 0.6) is 5.75 Å². The number of methoxy groups -OCH3 is 1. The summed E-state index contributed by atoms with van der Waals surface area (Å²) in [5.41, 5.74) is 3.21. The van der Waals surface area contributed by atoms with Crippen molar-refractivity contribution in [1.29, 1.82) is 5.41 Å². The molecule has 6 rings (SSSR count).